The largest absolute Gasteiger partial charge is 0.480 e. The van der Waals surface area contributed by atoms with Crippen molar-refractivity contribution in [1.82, 2.24) is 5.32 Å². The van der Waals surface area contributed by atoms with Gasteiger partial charge in [-0.1, -0.05) is 6.07 Å². The first-order valence-electron chi connectivity index (χ1n) is 7.28. The Morgan fingerprint density at radius 3 is 3.10 bits per heavy atom. The summed E-state index contributed by atoms with van der Waals surface area (Å²) < 4.78 is 0. The van der Waals surface area contributed by atoms with E-state index >= 15 is 0 Å². The quantitative estimate of drug-likeness (QED) is 0.863. The number of piperidine rings is 1. The summed E-state index contributed by atoms with van der Waals surface area (Å²) in [6.07, 6.45) is 2.16. The predicted octanol–water partition coefficient (Wildman–Crippen LogP) is 1.76. The van der Waals surface area contributed by atoms with Gasteiger partial charge >= 0.3 is 5.97 Å². The molecule has 1 saturated heterocycles. The van der Waals surface area contributed by atoms with Crippen molar-refractivity contribution < 1.29 is 9.90 Å². The van der Waals surface area contributed by atoms with E-state index in [1.807, 2.05) is 25.1 Å². The Kier molecular flexibility index (Phi) is 5.18. The average molecular weight is 287 g/mol. The molecule has 1 aliphatic heterocycles. The molecule has 21 heavy (non-hydrogen) atoms. The SMILES string of the molecule is Cc1ccc(N2CCCC(CNCC(=O)O)C2)c(C#N)c1. The third kappa shape index (κ3) is 4.20. The summed E-state index contributed by atoms with van der Waals surface area (Å²) in [5.41, 5.74) is 2.80. The van der Waals surface area contributed by atoms with Crippen LogP contribution in [0.15, 0.2) is 18.2 Å². The number of nitrogens with one attached hydrogen (secondary N) is 1. The smallest absolute Gasteiger partial charge is 0.317 e. The molecule has 0 aromatic heterocycles. The topological polar surface area (TPSA) is 76.4 Å². The molecule has 2 rings (SSSR count). The number of carbonyl (C=O) groups is 1. The summed E-state index contributed by atoms with van der Waals surface area (Å²) in [6, 6.07) is 8.23. The molecule has 1 unspecified atom stereocenters. The van der Waals surface area contributed by atoms with E-state index in [9.17, 15) is 10.1 Å². The Morgan fingerprint density at radius 2 is 2.38 bits per heavy atom. The lowest BCUT2D eigenvalue weighted by molar-refractivity contribution is -0.136. The van der Waals surface area contributed by atoms with Gasteiger partial charge < -0.3 is 15.3 Å². The molecule has 1 aliphatic rings. The Labute approximate surface area is 125 Å². The lowest BCUT2D eigenvalue weighted by atomic mass is 9.96. The molecule has 1 aromatic rings. The summed E-state index contributed by atoms with van der Waals surface area (Å²) in [7, 11) is 0. The summed E-state index contributed by atoms with van der Waals surface area (Å²) in [5, 5.41) is 20.9. The summed E-state index contributed by atoms with van der Waals surface area (Å²) >= 11 is 0. The second-order valence-corrected chi connectivity index (χ2v) is 5.61. The van der Waals surface area contributed by atoms with Crippen molar-refractivity contribution in [2.24, 2.45) is 5.92 Å². The molecule has 0 saturated carbocycles. The Hall–Kier alpha value is -2.06. The van der Waals surface area contributed by atoms with Crippen molar-refractivity contribution in [3.63, 3.8) is 0 Å². The minimum atomic E-state index is -0.826. The molecule has 5 heteroatoms. The van der Waals surface area contributed by atoms with Crippen LogP contribution in [0.25, 0.3) is 0 Å². The molecule has 1 aromatic carbocycles. The zero-order valence-electron chi connectivity index (χ0n) is 12.3. The fourth-order valence-corrected chi connectivity index (χ4v) is 2.85. The maximum absolute atomic E-state index is 10.5. The second kappa shape index (κ2) is 7.09. The number of carboxylic acid groups (broad SMARTS) is 1. The van der Waals surface area contributed by atoms with E-state index in [0.717, 1.165) is 37.2 Å². The molecule has 1 fully saturated rings. The normalized spacial score (nSPS) is 18.3. The maximum atomic E-state index is 10.5. The number of anilines is 1. The summed E-state index contributed by atoms with van der Waals surface area (Å²) in [5.74, 6) is -0.404. The van der Waals surface area contributed by atoms with Crippen LogP contribution in [0, 0.1) is 24.2 Å². The van der Waals surface area contributed by atoms with Gasteiger partial charge in [0.2, 0.25) is 0 Å². The van der Waals surface area contributed by atoms with Gasteiger partial charge in [-0.3, -0.25) is 4.79 Å². The zero-order valence-corrected chi connectivity index (χ0v) is 12.3. The summed E-state index contributed by atoms with van der Waals surface area (Å²) in [4.78, 5) is 12.8. The standard InChI is InChI=1S/C16H21N3O2/c1-12-4-5-15(14(7-12)8-17)19-6-2-3-13(11-19)9-18-10-16(20)21/h4-5,7,13,18H,2-3,6,9-11H2,1H3,(H,20,21). The van der Waals surface area contributed by atoms with E-state index in [1.54, 1.807) is 0 Å². The van der Waals surface area contributed by atoms with Crippen LogP contribution in [0.2, 0.25) is 0 Å². The number of aryl methyl sites for hydroxylation is 1. The van der Waals surface area contributed by atoms with Gasteiger partial charge in [0.15, 0.2) is 0 Å². The van der Waals surface area contributed by atoms with Crippen molar-refractivity contribution in [2.45, 2.75) is 19.8 Å². The Bertz CT molecular complexity index is 551. The number of nitrogens with zero attached hydrogens (tertiary/aromatic N) is 2. The van der Waals surface area contributed by atoms with Crippen molar-refractivity contribution >= 4 is 11.7 Å². The summed E-state index contributed by atoms with van der Waals surface area (Å²) in [6.45, 7) is 4.51. The fourth-order valence-electron chi connectivity index (χ4n) is 2.85. The highest BCUT2D eigenvalue weighted by Gasteiger charge is 2.21. The van der Waals surface area contributed by atoms with Gasteiger partial charge in [0.25, 0.3) is 0 Å². The number of aliphatic carboxylic acids is 1. The highest BCUT2D eigenvalue weighted by atomic mass is 16.4. The van der Waals surface area contributed by atoms with Crippen molar-refractivity contribution in [3.05, 3.63) is 29.3 Å². The van der Waals surface area contributed by atoms with E-state index < -0.39 is 5.97 Å². The number of hydrogen-bond acceptors (Lipinski definition) is 4. The van der Waals surface area contributed by atoms with Gasteiger partial charge in [0.05, 0.1) is 17.8 Å². The van der Waals surface area contributed by atoms with Gasteiger partial charge in [-0.2, -0.15) is 5.26 Å². The molecule has 1 atom stereocenters. The fraction of sp³-hybridized carbons (Fsp3) is 0.500. The van der Waals surface area contributed by atoms with Crippen LogP contribution in [0.5, 0.6) is 0 Å². The molecule has 5 nitrogen and oxygen atoms in total. The third-order valence-electron chi connectivity index (χ3n) is 3.84. The van der Waals surface area contributed by atoms with Gasteiger partial charge in [-0.05, 0) is 43.4 Å². The van der Waals surface area contributed by atoms with Gasteiger partial charge in [-0.15, -0.1) is 0 Å². The highest BCUT2D eigenvalue weighted by molar-refractivity contribution is 5.69. The number of hydrogen-bond donors (Lipinski definition) is 2. The molecule has 0 amide bonds. The number of nitriles is 1. The molecule has 0 spiro atoms. The van der Waals surface area contributed by atoms with E-state index in [0.29, 0.717) is 18.0 Å². The van der Waals surface area contributed by atoms with Crippen LogP contribution >= 0.6 is 0 Å². The van der Waals surface area contributed by atoms with E-state index in [2.05, 4.69) is 16.3 Å². The zero-order chi connectivity index (χ0) is 15.2. The van der Waals surface area contributed by atoms with Crippen LogP contribution in [0.3, 0.4) is 0 Å². The van der Waals surface area contributed by atoms with Crippen LogP contribution in [0.4, 0.5) is 5.69 Å². The second-order valence-electron chi connectivity index (χ2n) is 5.61. The number of benzene rings is 1. The average Bonchev–Trinajstić information content (AvgIpc) is 2.47. The van der Waals surface area contributed by atoms with Gasteiger partial charge in [0, 0.05) is 19.6 Å². The lowest BCUT2D eigenvalue weighted by Crippen LogP contribution is -2.40. The molecule has 2 N–H and O–H groups in total. The van der Waals surface area contributed by atoms with Crippen LogP contribution in [0.1, 0.15) is 24.0 Å². The molecule has 0 bridgehead atoms. The first-order valence-corrected chi connectivity index (χ1v) is 7.28. The monoisotopic (exact) mass is 287 g/mol. The minimum absolute atomic E-state index is 0.00444. The van der Waals surface area contributed by atoms with Crippen LogP contribution in [-0.4, -0.2) is 37.3 Å². The van der Waals surface area contributed by atoms with Crippen molar-refractivity contribution in [2.75, 3.05) is 31.1 Å². The van der Waals surface area contributed by atoms with Gasteiger partial charge in [0.1, 0.15) is 6.07 Å². The molecular formula is C16H21N3O2. The van der Waals surface area contributed by atoms with Gasteiger partial charge in [-0.25, -0.2) is 0 Å². The van der Waals surface area contributed by atoms with Crippen molar-refractivity contribution in [3.8, 4) is 6.07 Å². The molecule has 112 valence electrons. The predicted molar refractivity (Wildman–Crippen MR) is 81.3 cm³/mol. The molecule has 1 heterocycles. The first-order chi connectivity index (χ1) is 10.1. The molecular weight excluding hydrogens is 266 g/mol. The lowest BCUT2D eigenvalue weighted by Gasteiger charge is -2.35. The molecule has 0 radical (unpaired) electrons. The maximum Gasteiger partial charge on any atom is 0.317 e. The van der Waals surface area contributed by atoms with Crippen LogP contribution < -0.4 is 10.2 Å². The first kappa shape index (κ1) is 15.3. The van der Waals surface area contributed by atoms with E-state index in [4.69, 9.17) is 5.11 Å². The van der Waals surface area contributed by atoms with Crippen molar-refractivity contribution in [1.29, 1.82) is 5.26 Å². The van der Waals surface area contributed by atoms with E-state index in [1.165, 1.54) is 0 Å². The Balaban J connectivity index is 2.01. The van der Waals surface area contributed by atoms with E-state index in [-0.39, 0.29) is 6.54 Å². The Morgan fingerprint density at radius 1 is 1.57 bits per heavy atom. The molecule has 0 aliphatic carbocycles. The highest BCUT2D eigenvalue weighted by Crippen LogP contribution is 2.26. The minimum Gasteiger partial charge on any atom is -0.480 e. The van der Waals surface area contributed by atoms with Crippen LogP contribution in [-0.2, 0) is 4.79 Å². The number of carboxylic acids is 1. The third-order valence-corrected chi connectivity index (χ3v) is 3.84. The number of rotatable bonds is 5.